The van der Waals surface area contributed by atoms with Gasteiger partial charge in [-0.2, -0.15) is 0 Å². The molecule has 0 aliphatic carbocycles. The van der Waals surface area contributed by atoms with E-state index in [9.17, 15) is 14.4 Å². The minimum absolute atomic E-state index is 0.0826. The van der Waals surface area contributed by atoms with Gasteiger partial charge in [0.25, 0.3) is 5.91 Å². The number of nitrogens with one attached hydrogen (secondary N) is 3. The third-order valence-electron chi connectivity index (χ3n) is 3.62. The molecule has 2 aromatic carbocycles. The van der Waals surface area contributed by atoms with Crippen molar-refractivity contribution in [1.29, 1.82) is 0 Å². The van der Waals surface area contributed by atoms with E-state index in [1.54, 1.807) is 18.2 Å². The molecule has 3 aromatic rings. The maximum atomic E-state index is 12.6. The van der Waals surface area contributed by atoms with E-state index in [0.29, 0.717) is 21.6 Å². The van der Waals surface area contributed by atoms with Gasteiger partial charge in [-0.15, -0.1) is 0 Å². The van der Waals surface area contributed by atoms with E-state index < -0.39 is 11.3 Å². The minimum Gasteiger partial charge on any atom is -0.360 e. The van der Waals surface area contributed by atoms with Gasteiger partial charge in [0.1, 0.15) is 5.56 Å². The van der Waals surface area contributed by atoms with Crippen LogP contribution in [0, 0.1) is 0 Å². The van der Waals surface area contributed by atoms with Gasteiger partial charge in [0.2, 0.25) is 11.3 Å². The van der Waals surface area contributed by atoms with Gasteiger partial charge >= 0.3 is 0 Å². The number of amides is 2. The largest absolute Gasteiger partial charge is 0.360 e. The van der Waals surface area contributed by atoms with Gasteiger partial charge < -0.3 is 15.6 Å². The summed E-state index contributed by atoms with van der Waals surface area (Å²) in [5.41, 5.74) is 0.778. The van der Waals surface area contributed by atoms with Crippen molar-refractivity contribution in [1.82, 2.24) is 4.98 Å². The Morgan fingerprint density at radius 2 is 1.81 bits per heavy atom. The summed E-state index contributed by atoms with van der Waals surface area (Å²) in [4.78, 5) is 39.2. The second-order valence-electron chi connectivity index (χ2n) is 5.55. The predicted octanol–water partition coefficient (Wildman–Crippen LogP) is 4.05. The number of H-pyrrole nitrogens is 1. The van der Waals surface area contributed by atoms with Crippen LogP contribution in [0.3, 0.4) is 0 Å². The van der Waals surface area contributed by atoms with Crippen LogP contribution in [0.5, 0.6) is 0 Å². The summed E-state index contributed by atoms with van der Waals surface area (Å²) in [7, 11) is 0. The maximum Gasteiger partial charge on any atom is 0.261 e. The molecule has 0 spiro atoms. The average molecular weight is 390 g/mol. The Hall–Kier alpha value is -2.83. The molecule has 2 amide bonds. The molecule has 26 heavy (non-hydrogen) atoms. The topological polar surface area (TPSA) is 91.1 Å². The molecule has 1 aromatic heterocycles. The zero-order chi connectivity index (χ0) is 18.8. The molecular formula is C18H13Cl2N3O3. The molecule has 0 radical (unpaired) electrons. The lowest BCUT2D eigenvalue weighted by molar-refractivity contribution is -0.114. The van der Waals surface area contributed by atoms with Gasteiger partial charge in [0.15, 0.2) is 0 Å². The van der Waals surface area contributed by atoms with Gasteiger partial charge in [-0.3, -0.25) is 14.4 Å². The lowest BCUT2D eigenvalue weighted by atomic mass is 10.1. The Bertz CT molecular complexity index is 1090. The summed E-state index contributed by atoms with van der Waals surface area (Å²) < 4.78 is 0. The highest BCUT2D eigenvalue weighted by Crippen LogP contribution is 2.26. The van der Waals surface area contributed by atoms with Crippen molar-refractivity contribution < 1.29 is 9.59 Å². The number of aromatic nitrogens is 1. The monoisotopic (exact) mass is 389 g/mol. The molecule has 3 rings (SSSR count). The number of anilines is 2. The predicted molar refractivity (Wildman–Crippen MR) is 103 cm³/mol. The average Bonchev–Trinajstić information content (AvgIpc) is 2.58. The zero-order valence-electron chi connectivity index (χ0n) is 13.5. The lowest BCUT2D eigenvalue weighted by Crippen LogP contribution is -2.22. The Morgan fingerprint density at radius 3 is 2.54 bits per heavy atom. The second kappa shape index (κ2) is 7.19. The number of aromatic amines is 1. The SMILES string of the molecule is CC(=O)Nc1ccc(Cl)c(NC(=O)c2c[nH]c3ccc(Cl)cc3c2=O)c1. The molecule has 0 saturated heterocycles. The van der Waals surface area contributed by atoms with Crippen LogP contribution < -0.4 is 16.1 Å². The first-order chi connectivity index (χ1) is 12.3. The summed E-state index contributed by atoms with van der Waals surface area (Å²) >= 11 is 12.0. The van der Waals surface area contributed by atoms with E-state index in [2.05, 4.69) is 15.6 Å². The molecule has 0 aliphatic rings. The summed E-state index contributed by atoms with van der Waals surface area (Å²) in [5.74, 6) is -0.887. The standard InChI is InChI=1S/C18H13Cl2N3O3/c1-9(24)22-11-3-4-14(20)16(7-11)23-18(26)13-8-21-15-5-2-10(19)6-12(15)17(13)25/h2-8H,1H3,(H,21,25)(H,22,24)(H,23,26). The summed E-state index contributed by atoms with van der Waals surface area (Å²) in [5, 5.41) is 6.16. The van der Waals surface area contributed by atoms with Crippen LogP contribution in [0.1, 0.15) is 17.3 Å². The van der Waals surface area contributed by atoms with Gasteiger partial charge in [-0.1, -0.05) is 23.2 Å². The van der Waals surface area contributed by atoms with E-state index in [0.717, 1.165) is 0 Å². The molecule has 1 heterocycles. The highest BCUT2D eigenvalue weighted by atomic mass is 35.5. The molecule has 8 heteroatoms. The van der Waals surface area contributed by atoms with Crippen molar-refractivity contribution in [3.05, 3.63) is 68.4 Å². The highest BCUT2D eigenvalue weighted by Gasteiger charge is 2.15. The molecule has 6 nitrogen and oxygen atoms in total. The van der Waals surface area contributed by atoms with Crippen LogP contribution in [-0.2, 0) is 4.79 Å². The van der Waals surface area contributed by atoms with Crippen LogP contribution in [0.2, 0.25) is 10.0 Å². The summed E-state index contributed by atoms with van der Waals surface area (Å²) in [6.07, 6.45) is 1.33. The van der Waals surface area contributed by atoms with Crippen LogP contribution in [0.25, 0.3) is 10.9 Å². The third-order valence-corrected chi connectivity index (χ3v) is 4.19. The highest BCUT2D eigenvalue weighted by molar-refractivity contribution is 6.34. The van der Waals surface area contributed by atoms with Gasteiger partial charge in [0, 0.05) is 34.7 Å². The van der Waals surface area contributed by atoms with Crippen molar-refractivity contribution in [2.75, 3.05) is 10.6 Å². The first-order valence-electron chi connectivity index (χ1n) is 7.54. The third kappa shape index (κ3) is 3.71. The van der Waals surface area contributed by atoms with Gasteiger partial charge in [0.05, 0.1) is 10.7 Å². The Labute approximate surface area is 158 Å². The number of hydrogen-bond donors (Lipinski definition) is 3. The normalized spacial score (nSPS) is 10.6. The first kappa shape index (κ1) is 18.0. The number of rotatable bonds is 3. The fourth-order valence-electron chi connectivity index (χ4n) is 2.45. The Morgan fingerprint density at radius 1 is 1.04 bits per heavy atom. The molecular weight excluding hydrogens is 377 g/mol. The molecule has 0 aliphatic heterocycles. The van der Waals surface area contributed by atoms with Crippen molar-refractivity contribution in [3.8, 4) is 0 Å². The van der Waals surface area contributed by atoms with Gasteiger partial charge in [-0.25, -0.2) is 0 Å². The molecule has 0 unspecified atom stereocenters. The van der Waals surface area contributed by atoms with E-state index in [4.69, 9.17) is 23.2 Å². The molecule has 132 valence electrons. The number of carbonyl (C=O) groups excluding carboxylic acids is 2. The molecule has 0 bridgehead atoms. The number of hydrogen-bond acceptors (Lipinski definition) is 3. The fourth-order valence-corrected chi connectivity index (χ4v) is 2.79. The molecule has 3 N–H and O–H groups in total. The summed E-state index contributed by atoms with van der Waals surface area (Å²) in [6.45, 7) is 1.37. The number of pyridine rings is 1. The van der Waals surface area contributed by atoms with Crippen LogP contribution >= 0.6 is 23.2 Å². The van der Waals surface area contributed by atoms with E-state index >= 15 is 0 Å². The van der Waals surface area contributed by atoms with Gasteiger partial charge in [-0.05, 0) is 36.4 Å². The quantitative estimate of drug-likeness (QED) is 0.630. The van der Waals surface area contributed by atoms with Crippen molar-refractivity contribution in [2.45, 2.75) is 6.92 Å². The maximum absolute atomic E-state index is 12.6. The Kier molecular flexibility index (Phi) is 4.97. The number of benzene rings is 2. The second-order valence-corrected chi connectivity index (χ2v) is 6.39. The van der Waals surface area contributed by atoms with Crippen LogP contribution in [0.4, 0.5) is 11.4 Å². The minimum atomic E-state index is -0.630. The zero-order valence-corrected chi connectivity index (χ0v) is 15.0. The smallest absolute Gasteiger partial charge is 0.261 e. The van der Waals surface area contributed by atoms with Crippen LogP contribution in [0.15, 0.2) is 47.4 Å². The number of carbonyl (C=O) groups is 2. The molecule has 0 saturated carbocycles. The van der Waals surface area contributed by atoms with Crippen LogP contribution in [-0.4, -0.2) is 16.8 Å². The summed E-state index contributed by atoms with van der Waals surface area (Å²) in [6, 6.07) is 9.45. The van der Waals surface area contributed by atoms with Crippen molar-refractivity contribution in [2.24, 2.45) is 0 Å². The lowest BCUT2D eigenvalue weighted by Gasteiger charge is -2.10. The van der Waals surface area contributed by atoms with E-state index in [1.807, 2.05) is 0 Å². The number of halogens is 2. The molecule has 0 atom stereocenters. The van der Waals surface area contributed by atoms with Crippen molar-refractivity contribution >= 4 is 57.3 Å². The van der Waals surface area contributed by atoms with Crippen molar-refractivity contribution in [3.63, 3.8) is 0 Å². The van der Waals surface area contributed by atoms with E-state index in [-0.39, 0.29) is 22.2 Å². The Balaban J connectivity index is 1.96. The molecule has 0 fully saturated rings. The van der Waals surface area contributed by atoms with E-state index in [1.165, 1.54) is 31.3 Å². The number of fused-ring (bicyclic) bond motifs is 1. The first-order valence-corrected chi connectivity index (χ1v) is 8.30. The fraction of sp³-hybridized carbons (Fsp3) is 0.0556.